The first-order valence-corrected chi connectivity index (χ1v) is 17.3. The van der Waals surface area contributed by atoms with Gasteiger partial charge in [-0.1, -0.05) is 59.7 Å². The normalized spacial score (nSPS) is 11.4. The summed E-state index contributed by atoms with van der Waals surface area (Å²) >= 11 is 0. The van der Waals surface area contributed by atoms with E-state index in [-0.39, 0.29) is 49.9 Å². The summed E-state index contributed by atoms with van der Waals surface area (Å²) in [7, 11) is 0. The summed E-state index contributed by atoms with van der Waals surface area (Å²) in [5, 5.41) is 59.1. The van der Waals surface area contributed by atoms with Crippen LogP contribution in [0.15, 0.2) is 79.0 Å². The molecule has 7 aromatic rings. The quantitative estimate of drug-likeness (QED) is 0.181. The van der Waals surface area contributed by atoms with Gasteiger partial charge in [0.1, 0.15) is 41.9 Å². The molecule has 7 rings (SSSR count). The van der Waals surface area contributed by atoms with Gasteiger partial charge in [-0.3, -0.25) is 9.67 Å². The Morgan fingerprint density at radius 2 is 1.24 bits per heavy atom. The lowest BCUT2D eigenvalue weighted by Crippen LogP contribution is -2.12. The highest BCUT2D eigenvalue weighted by Gasteiger charge is 2.28. The monoisotopic (exact) mass is 716 g/mol. The van der Waals surface area contributed by atoms with Crippen LogP contribution < -0.4 is 4.74 Å². The Morgan fingerprint density at radius 1 is 0.618 bits per heavy atom. The van der Waals surface area contributed by atoms with Gasteiger partial charge in [0.2, 0.25) is 5.88 Å². The predicted octanol–water partition coefficient (Wildman–Crippen LogP) is 9.38. The number of benzene rings is 3. The molecule has 55 heavy (non-hydrogen) atoms. The van der Waals surface area contributed by atoms with Gasteiger partial charge in [0.25, 0.3) is 0 Å². The lowest BCUT2D eigenvalue weighted by atomic mass is 9.86. The van der Waals surface area contributed by atoms with Gasteiger partial charge < -0.3 is 4.74 Å². The number of hydrogen-bond donors (Lipinski definition) is 1. The first-order chi connectivity index (χ1) is 26.3. The fourth-order valence-electron chi connectivity index (χ4n) is 6.66. The first-order valence-electron chi connectivity index (χ1n) is 17.3. The SMILES string of the molecule is CC(C)(C)c1cc(Oc2ccc3c4ccccc4n(-c4cc(C(C)(C)C)ccn4)c3c2)nc(-c2cc(-c3c(C#N)c(C#N)c(C#N)c(C#N)c3C#N)n[nH]2)c1. The van der Waals surface area contributed by atoms with Crippen LogP contribution in [0.5, 0.6) is 11.6 Å². The highest BCUT2D eigenvalue weighted by Crippen LogP contribution is 2.39. The number of nitrogens with zero attached hydrogens (tertiary/aromatic N) is 9. The number of para-hydroxylation sites is 1. The fourth-order valence-corrected chi connectivity index (χ4v) is 6.66. The highest BCUT2D eigenvalue weighted by molar-refractivity contribution is 6.09. The molecule has 0 fully saturated rings. The van der Waals surface area contributed by atoms with Crippen molar-refractivity contribution in [3.8, 4) is 70.4 Å². The molecule has 0 radical (unpaired) electrons. The molecule has 4 aromatic heterocycles. The van der Waals surface area contributed by atoms with Crippen LogP contribution >= 0.6 is 0 Å². The minimum atomic E-state index is -0.327. The van der Waals surface area contributed by atoms with Gasteiger partial charge in [0.05, 0.1) is 55.9 Å². The van der Waals surface area contributed by atoms with Gasteiger partial charge in [0.15, 0.2) is 0 Å². The molecule has 0 bridgehead atoms. The van der Waals surface area contributed by atoms with Crippen LogP contribution in [0.2, 0.25) is 0 Å². The highest BCUT2D eigenvalue weighted by atomic mass is 16.5. The van der Waals surface area contributed by atoms with Crippen LogP contribution in [-0.4, -0.2) is 24.7 Å². The third-order valence-corrected chi connectivity index (χ3v) is 9.55. The molecule has 0 atom stereocenters. The molecule has 11 heteroatoms. The zero-order chi connectivity index (χ0) is 39.2. The Balaban J connectivity index is 1.35. The molecule has 3 aromatic carbocycles. The average molecular weight is 717 g/mol. The van der Waals surface area contributed by atoms with E-state index in [1.807, 2.05) is 79.0 Å². The first kappa shape index (κ1) is 35.6. The van der Waals surface area contributed by atoms with Gasteiger partial charge in [-0.25, -0.2) is 9.97 Å². The van der Waals surface area contributed by atoms with Crippen molar-refractivity contribution < 1.29 is 4.74 Å². The maximum Gasteiger partial charge on any atom is 0.220 e. The second-order valence-electron chi connectivity index (χ2n) is 15.1. The lowest BCUT2D eigenvalue weighted by molar-refractivity contribution is 0.460. The summed E-state index contributed by atoms with van der Waals surface area (Å²) in [6.45, 7) is 12.7. The predicted molar refractivity (Wildman–Crippen MR) is 207 cm³/mol. The molecule has 0 saturated heterocycles. The fraction of sp³-hybridized carbons (Fsp3) is 0.182. The van der Waals surface area contributed by atoms with E-state index in [1.165, 1.54) is 0 Å². The van der Waals surface area contributed by atoms with Crippen molar-refractivity contribution in [3.63, 3.8) is 0 Å². The number of aromatic nitrogens is 5. The van der Waals surface area contributed by atoms with Crippen LogP contribution in [0.3, 0.4) is 0 Å². The minimum absolute atomic E-state index is 0.0192. The molecule has 0 aliphatic rings. The van der Waals surface area contributed by atoms with E-state index >= 15 is 0 Å². The van der Waals surface area contributed by atoms with Gasteiger partial charge in [0, 0.05) is 34.7 Å². The van der Waals surface area contributed by atoms with Crippen LogP contribution in [0.4, 0.5) is 0 Å². The molecule has 1 N–H and O–H groups in total. The van der Waals surface area contributed by atoms with Gasteiger partial charge in [-0.2, -0.15) is 31.4 Å². The van der Waals surface area contributed by atoms with Crippen LogP contribution in [0.25, 0.3) is 50.3 Å². The summed E-state index contributed by atoms with van der Waals surface area (Å²) in [4.78, 5) is 9.64. The summed E-state index contributed by atoms with van der Waals surface area (Å²) in [6, 6.07) is 33.1. The maximum absolute atomic E-state index is 10.1. The number of pyridine rings is 2. The van der Waals surface area contributed by atoms with Crippen molar-refractivity contribution in [2.24, 2.45) is 0 Å². The molecule has 0 amide bonds. The number of aromatic amines is 1. The van der Waals surface area contributed by atoms with Gasteiger partial charge >= 0.3 is 0 Å². The number of nitrogens with one attached hydrogen (secondary N) is 1. The van der Waals surface area contributed by atoms with Crippen molar-refractivity contribution in [2.45, 2.75) is 52.4 Å². The van der Waals surface area contributed by atoms with Crippen LogP contribution in [0, 0.1) is 56.7 Å². The van der Waals surface area contributed by atoms with Gasteiger partial charge in [-0.05, 0) is 64.4 Å². The zero-order valence-corrected chi connectivity index (χ0v) is 30.9. The van der Waals surface area contributed by atoms with E-state index in [0.29, 0.717) is 23.0 Å². The molecular weight excluding hydrogens is 685 g/mol. The molecule has 0 aliphatic heterocycles. The Morgan fingerprint density at radius 3 is 1.87 bits per heavy atom. The Bertz CT molecular complexity index is 2880. The van der Waals surface area contributed by atoms with Crippen LogP contribution in [0.1, 0.15) is 80.5 Å². The number of fused-ring (bicyclic) bond motifs is 3. The number of rotatable bonds is 5. The molecule has 0 unspecified atom stereocenters. The van der Waals surface area contributed by atoms with E-state index in [9.17, 15) is 26.3 Å². The summed E-state index contributed by atoms with van der Waals surface area (Å²) in [6.07, 6.45) is 1.84. The molecule has 0 saturated carbocycles. The zero-order valence-electron chi connectivity index (χ0n) is 30.9. The number of H-pyrrole nitrogens is 1. The number of nitriles is 5. The maximum atomic E-state index is 10.1. The van der Waals surface area contributed by atoms with Crippen molar-refractivity contribution >= 4 is 21.8 Å². The summed E-state index contributed by atoms with van der Waals surface area (Å²) < 4.78 is 8.68. The van der Waals surface area contributed by atoms with E-state index in [0.717, 1.165) is 38.8 Å². The summed E-state index contributed by atoms with van der Waals surface area (Å²) in [5.74, 6) is 1.67. The van der Waals surface area contributed by atoms with E-state index < -0.39 is 0 Å². The average Bonchev–Trinajstić information content (AvgIpc) is 3.79. The second kappa shape index (κ2) is 13.3. The lowest BCUT2D eigenvalue weighted by Gasteiger charge is -2.20. The van der Waals surface area contributed by atoms with Crippen LogP contribution in [-0.2, 0) is 10.8 Å². The van der Waals surface area contributed by atoms with Crippen molar-refractivity contribution in [3.05, 3.63) is 118 Å². The molecular formula is C44H32N10O. The second-order valence-corrected chi connectivity index (χ2v) is 15.1. The molecule has 0 spiro atoms. The Labute approximate surface area is 317 Å². The molecule has 264 valence electrons. The number of hydrogen-bond acceptors (Lipinski definition) is 9. The molecule has 4 heterocycles. The van der Waals surface area contributed by atoms with Crippen molar-refractivity contribution in [1.29, 1.82) is 26.3 Å². The smallest absolute Gasteiger partial charge is 0.220 e. The van der Waals surface area contributed by atoms with E-state index in [2.05, 4.69) is 74.5 Å². The van der Waals surface area contributed by atoms with Crippen molar-refractivity contribution in [2.75, 3.05) is 0 Å². The third kappa shape index (κ3) is 6.15. The number of ether oxygens (including phenoxy) is 1. The minimum Gasteiger partial charge on any atom is -0.439 e. The standard InChI is InChI=1S/C44H32N10O/c1-43(2,3)25-13-14-50-40(16-25)54-38-10-8-7-9-28(38)29-12-11-27(18-39(29)54)55-41-17-26(44(4,5)6)15-35(51-41)36-19-37(53-52-36)42-33(23-48)31(21-46)30(20-45)32(22-47)34(42)24-49/h7-19H,1-6H3,(H,52,53). The molecule has 0 aliphatic carbocycles. The Kier molecular flexibility index (Phi) is 8.63. The summed E-state index contributed by atoms with van der Waals surface area (Å²) in [5.41, 5.74) is 3.27. The van der Waals surface area contributed by atoms with Crippen molar-refractivity contribution in [1.82, 2.24) is 24.7 Å². The topological polar surface area (TPSA) is 188 Å². The van der Waals surface area contributed by atoms with E-state index in [1.54, 1.807) is 12.1 Å². The third-order valence-electron chi connectivity index (χ3n) is 9.55. The largest absolute Gasteiger partial charge is 0.439 e. The van der Waals surface area contributed by atoms with Gasteiger partial charge in [-0.15, -0.1) is 0 Å². The molecule has 11 nitrogen and oxygen atoms in total. The van der Waals surface area contributed by atoms with E-state index in [4.69, 9.17) is 14.7 Å². The Hall–Kier alpha value is -7.78.